The van der Waals surface area contributed by atoms with Gasteiger partial charge in [0.05, 0.1) is 32.0 Å². The second-order valence-corrected chi connectivity index (χ2v) is 4.26. The Morgan fingerprint density at radius 1 is 1.15 bits per heavy atom. The van der Waals surface area contributed by atoms with Crippen molar-refractivity contribution in [3.05, 3.63) is 65.0 Å². The van der Waals surface area contributed by atoms with Crippen LogP contribution in [-0.2, 0) is 18.0 Å². The number of ether oxygens (including phenoxy) is 2. The minimum absolute atomic E-state index is 0.192. The molecule has 0 aliphatic rings. The average Bonchev–Trinajstić information content (AvgIpc) is 2.48. The van der Waals surface area contributed by atoms with E-state index in [1.807, 2.05) is 30.3 Å². The lowest BCUT2D eigenvalue weighted by molar-refractivity contribution is 0.106. The van der Waals surface area contributed by atoms with Gasteiger partial charge < -0.3 is 9.47 Å². The molecule has 0 saturated carbocycles. The summed E-state index contributed by atoms with van der Waals surface area (Å²) in [5, 5.41) is 8.95. The minimum Gasteiger partial charge on any atom is -0.497 e. The van der Waals surface area contributed by atoms with E-state index in [-0.39, 0.29) is 12.4 Å². The molecule has 0 aliphatic heterocycles. The highest BCUT2D eigenvalue weighted by Crippen LogP contribution is 2.15. The van der Waals surface area contributed by atoms with E-state index in [9.17, 15) is 4.39 Å². The van der Waals surface area contributed by atoms with Crippen LogP contribution in [0.15, 0.2) is 42.5 Å². The fraction of sp³-hybridized carbons (Fsp3) is 0.188. The lowest BCUT2D eigenvalue weighted by atomic mass is 10.1. The van der Waals surface area contributed by atoms with Gasteiger partial charge in [0.15, 0.2) is 0 Å². The Balaban J connectivity index is 1.99. The summed E-state index contributed by atoms with van der Waals surface area (Å²) in [4.78, 5) is 0. The number of rotatable bonds is 5. The van der Waals surface area contributed by atoms with Gasteiger partial charge in [-0.2, -0.15) is 5.26 Å². The Kier molecular flexibility index (Phi) is 4.70. The maximum absolute atomic E-state index is 13.2. The molecule has 102 valence electrons. The van der Waals surface area contributed by atoms with E-state index in [0.29, 0.717) is 17.7 Å². The first-order valence-electron chi connectivity index (χ1n) is 6.12. The highest BCUT2D eigenvalue weighted by molar-refractivity contribution is 5.37. The Morgan fingerprint density at radius 2 is 2.00 bits per heavy atom. The smallest absolute Gasteiger partial charge is 0.123 e. The van der Waals surface area contributed by atoms with Gasteiger partial charge in [-0.1, -0.05) is 12.1 Å². The van der Waals surface area contributed by atoms with Crippen LogP contribution in [0.5, 0.6) is 5.75 Å². The van der Waals surface area contributed by atoms with Crippen molar-refractivity contribution in [3.8, 4) is 11.8 Å². The molecule has 0 N–H and O–H groups in total. The van der Waals surface area contributed by atoms with Crippen molar-refractivity contribution in [2.24, 2.45) is 0 Å². The van der Waals surface area contributed by atoms with Gasteiger partial charge in [-0.05, 0) is 41.5 Å². The second-order valence-electron chi connectivity index (χ2n) is 4.26. The Bertz CT molecular complexity index is 635. The summed E-state index contributed by atoms with van der Waals surface area (Å²) in [5.74, 6) is 0.388. The summed E-state index contributed by atoms with van der Waals surface area (Å²) >= 11 is 0. The molecule has 2 rings (SSSR count). The number of hydrogen-bond donors (Lipinski definition) is 0. The van der Waals surface area contributed by atoms with Crippen LogP contribution >= 0.6 is 0 Å². The summed E-state index contributed by atoms with van der Waals surface area (Å²) in [6.45, 7) is 0.566. The molecular weight excluding hydrogens is 257 g/mol. The van der Waals surface area contributed by atoms with Crippen LogP contribution in [0.25, 0.3) is 0 Å². The molecule has 0 spiro atoms. The normalized spacial score (nSPS) is 10.1. The molecule has 4 heteroatoms. The summed E-state index contributed by atoms with van der Waals surface area (Å²) in [6, 6.07) is 13.6. The molecule has 2 aromatic carbocycles. The zero-order valence-corrected chi connectivity index (χ0v) is 11.1. The molecule has 0 aromatic heterocycles. The van der Waals surface area contributed by atoms with Gasteiger partial charge in [0.1, 0.15) is 11.6 Å². The number of halogens is 1. The second kappa shape index (κ2) is 6.69. The fourth-order valence-electron chi connectivity index (χ4n) is 1.83. The molecule has 0 amide bonds. The molecule has 0 radical (unpaired) electrons. The summed E-state index contributed by atoms with van der Waals surface area (Å²) < 4.78 is 23.8. The number of nitrogens with zero attached hydrogens (tertiary/aromatic N) is 1. The molecule has 2 aromatic rings. The first kappa shape index (κ1) is 14.0. The van der Waals surface area contributed by atoms with Crippen molar-refractivity contribution < 1.29 is 13.9 Å². The predicted octanol–water partition coefficient (Wildman–Crippen LogP) is 3.42. The van der Waals surface area contributed by atoms with Gasteiger partial charge >= 0.3 is 0 Å². The Morgan fingerprint density at radius 3 is 2.75 bits per heavy atom. The third-order valence-electron chi connectivity index (χ3n) is 2.85. The van der Waals surface area contributed by atoms with E-state index in [0.717, 1.165) is 11.3 Å². The van der Waals surface area contributed by atoms with Crippen LogP contribution in [0.1, 0.15) is 16.7 Å². The molecule has 0 aliphatic carbocycles. The third-order valence-corrected chi connectivity index (χ3v) is 2.85. The van der Waals surface area contributed by atoms with Crippen molar-refractivity contribution in [2.75, 3.05) is 7.11 Å². The van der Waals surface area contributed by atoms with Crippen LogP contribution < -0.4 is 4.74 Å². The van der Waals surface area contributed by atoms with E-state index in [4.69, 9.17) is 14.7 Å². The van der Waals surface area contributed by atoms with Crippen molar-refractivity contribution >= 4 is 0 Å². The molecule has 0 unspecified atom stereocenters. The van der Waals surface area contributed by atoms with E-state index in [2.05, 4.69) is 0 Å². The third kappa shape index (κ3) is 3.56. The summed E-state index contributed by atoms with van der Waals surface area (Å²) in [6.07, 6.45) is 0. The monoisotopic (exact) mass is 271 g/mol. The first-order valence-corrected chi connectivity index (χ1v) is 6.12. The van der Waals surface area contributed by atoms with Gasteiger partial charge in [-0.25, -0.2) is 4.39 Å². The SMILES string of the molecule is COc1cccc(COCc2cc(F)ccc2C#N)c1. The highest BCUT2D eigenvalue weighted by atomic mass is 19.1. The number of benzene rings is 2. The van der Waals surface area contributed by atoms with E-state index in [1.165, 1.54) is 18.2 Å². The number of methoxy groups -OCH3 is 1. The van der Waals surface area contributed by atoms with Crippen LogP contribution in [0.4, 0.5) is 4.39 Å². The lowest BCUT2D eigenvalue weighted by Crippen LogP contribution is -1.98. The largest absolute Gasteiger partial charge is 0.497 e. The van der Waals surface area contributed by atoms with Crippen molar-refractivity contribution in [3.63, 3.8) is 0 Å². The molecule has 0 atom stereocenters. The van der Waals surface area contributed by atoms with Crippen LogP contribution in [0, 0.1) is 17.1 Å². The highest BCUT2D eigenvalue weighted by Gasteiger charge is 2.04. The first-order chi connectivity index (χ1) is 9.72. The Labute approximate surface area is 117 Å². The molecule has 3 nitrogen and oxygen atoms in total. The standard InChI is InChI=1S/C16H14FNO2/c1-19-16-4-2-3-12(7-16)10-20-11-14-8-15(17)6-5-13(14)9-18/h2-8H,10-11H2,1H3. The van der Waals surface area contributed by atoms with Gasteiger partial charge in [0.2, 0.25) is 0 Å². The number of nitriles is 1. The zero-order valence-electron chi connectivity index (χ0n) is 11.1. The van der Waals surface area contributed by atoms with Crippen LogP contribution in [0.2, 0.25) is 0 Å². The quantitative estimate of drug-likeness (QED) is 0.836. The van der Waals surface area contributed by atoms with Crippen molar-refractivity contribution in [2.45, 2.75) is 13.2 Å². The number of hydrogen-bond acceptors (Lipinski definition) is 3. The predicted molar refractivity (Wildman–Crippen MR) is 72.6 cm³/mol. The van der Waals surface area contributed by atoms with Gasteiger partial charge in [-0.15, -0.1) is 0 Å². The van der Waals surface area contributed by atoms with Gasteiger partial charge in [-0.3, -0.25) is 0 Å². The molecule has 0 bridgehead atoms. The molecular formula is C16H14FNO2. The molecule has 0 heterocycles. The van der Waals surface area contributed by atoms with Gasteiger partial charge in [0, 0.05) is 0 Å². The Hall–Kier alpha value is -2.38. The molecule has 0 fully saturated rings. The maximum Gasteiger partial charge on any atom is 0.123 e. The summed E-state index contributed by atoms with van der Waals surface area (Å²) in [5.41, 5.74) is 1.94. The summed E-state index contributed by atoms with van der Waals surface area (Å²) in [7, 11) is 1.60. The van der Waals surface area contributed by atoms with Crippen molar-refractivity contribution in [1.29, 1.82) is 5.26 Å². The van der Waals surface area contributed by atoms with Crippen molar-refractivity contribution in [1.82, 2.24) is 0 Å². The minimum atomic E-state index is -0.371. The van der Waals surface area contributed by atoms with Gasteiger partial charge in [0.25, 0.3) is 0 Å². The molecule has 0 saturated heterocycles. The van der Waals surface area contributed by atoms with Crippen LogP contribution in [0.3, 0.4) is 0 Å². The van der Waals surface area contributed by atoms with E-state index < -0.39 is 0 Å². The van der Waals surface area contributed by atoms with E-state index >= 15 is 0 Å². The van der Waals surface area contributed by atoms with E-state index in [1.54, 1.807) is 7.11 Å². The maximum atomic E-state index is 13.2. The zero-order chi connectivity index (χ0) is 14.4. The molecule has 20 heavy (non-hydrogen) atoms. The topological polar surface area (TPSA) is 42.2 Å². The average molecular weight is 271 g/mol. The fourth-order valence-corrected chi connectivity index (χ4v) is 1.83. The lowest BCUT2D eigenvalue weighted by Gasteiger charge is -2.07. The van der Waals surface area contributed by atoms with Crippen LogP contribution in [-0.4, -0.2) is 7.11 Å².